The van der Waals surface area contributed by atoms with Crippen LogP contribution in [0.2, 0.25) is 0 Å². The Labute approximate surface area is 167 Å². The van der Waals surface area contributed by atoms with E-state index in [0.29, 0.717) is 13.1 Å². The maximum atomic E-state index is 12.7. The van der Waals surface area contributed by atoms with Crippen LogP contribution >= 0.6 is 0 Å². The number of hydrogen-bond donors (Lipinski definition) is 0. The number of carbonyl (C=O) groups is 1. The fourth-order valence-electron chi connectivity index (χ4n) is 3.45. The van der Waals surface area contributed by atoms with E-state index in [-0.39, 0.29) is 12.0 Å². The number of nitrogens with zero attached hydrogens (tertiary/aromatic N) is 1. The summed E-state index contributed by atoms with van der Waals surface area (Å²) in [5, 5.41) is 0. The van der Waals surface area contributed by atoms with Crippen molar-refractivity contribution in [3.63, 3.8) is 0 Å². The molecule has 3 aromatic carbocycles. The molecular weight excluding hydrogens is 346 g/mol. The van der Waals surface area contributed by atoms with Gasteiger partial charge in [-0.2, -0.15) is 0 Å². The second-order valence-corrected chi connectivity index (χ2v) is 6.94. The molecule has 0 unspecified atom stereocenters. The van der Waals surface area contributed by atoms with Crippen LogP contribution in [0.25, 0.3) is 0 Å². The zero-order valence-electron chi connectivity index (χ0n) is 16.3. The fourth-order valence-corrected chi connectivity index (χ4v) is 3.45. The van der Waals surface area contributed by atoms with Gasteiger partial charge in [0.1, 0.15) is 6.04 Å². The first kappa shape index (κ1) is 19.8. The summed E-state index contributed by atoms with van der Waals surface area (Å²) in [7, 11) is 1.47. The van der Waals surface area contributed by atoms with Crippen molar-refractivity contribution in [3.8, 4) is 0 Å². The second-order valence-electron chi connectivity index (χ2n) is 6.94. The third-order valence-electron chi connectivity index (χ3n) is 4.92. The van der Waals surface area contributed by atoms with Crippen LogP contribution < -0.4 is 0 Å². The number of methoxy groups -OCH3 is 1. The highest BCUT2D eigenvalue weighted by molar-refractivity contribution is 5.75. The summed E-state index contributed by atoms with van der Waals surface area (Å²) in [6.45, 7) is 1.40. The summed E-state index contributed by atoms with van der Waals surface area (Å²) < 4.78 is 5.18. The zero-order valence-corrected chi connectivity index (χ0v) is 16.3. The van der Waals surface area contributed by atoms with E-state index < -0.39 is 0 Å². The van der Waals surface area contributed by atoms with E-state index in [4.69, 9.17) is 4.74 Å². The minimum atomic E-state index is -0.300. The van der Waals surface area contributed by atoms with Crippen molar-refractivity contribution >= 4 is 5.97 Å². The van der Waals surface area contributed by atoms with Gasteiger partial charge in [-0.1, -0.05) is 91.0 Å². The van der Waals surface area contributed by atoms with Crippen LogP contribution in [-0.2, 0) is 29.0 Å². The van der Waals surface area contributed by atoms with Gasteiger partial charge in [0.2, 0.25) is 0 Å². The first-order valence-electron chi connectivity index (χ1n) is 9.70. The molecule has 0 aromatic heterocycles. The average molecular weight is 373 g/mol. The number of rotatable bonds is 9. The summed E-state index contributed by atoms with van der Waals surface area (Å²) in [6, 6.07) is 30.6. The zero-order chi connectivity index (χ0) is 19.6. The molecule has 0 heterocycles. The minimum Gasteiger partial charge on any atom is -0.468 e. The molecule has 28 heavy (non-hydrogen) atoms. The van der Waals surface area contributed by atoms with Crippen molar-refractivity contribution in [2.75, 3.05) is 7.11 Å². The molecule has 1 atom stereocenters. The highest BCUT2D eigenvalue weighted by Crippen LogP contribution is 2.18. The minimum absolute atomic E-state index is 0.178. The van der Waals surface area contributed by atoms with E-state index in [0.717, 1.165) is 12.8 Å². The molecule has 3 rings (SSSR count). The number of hydrogen-bond acceptors (Lipinski definition) is 3. The van der Waals surface area contributed by atoms with Crippen molar-refractivity contribution < 1.29 is 9.53 Å². The first-order chi connectivity index (χ1) is 13.8. The number of ether oxygens (including phenoxy) is 1. The van der Waals surface area contributed by atoms with Crippen molar-refractivity contribution in [3.05, 3.63) is 108 Å². The number of esters is 1. The van der Waals surface area contributed by atoms with Gasteiger partial charge in [0.15, 0.2) is 0 Å². The molecule has 0 saturated carbocycles. The molecule has 0 saturated heterocycles. The van der Waals surface area contributed by atoms with Crippen LogP contribution in [0, 0.1) is 0 Å². The van der Waals surface area contributed by atoms with Crippen LogP contribution in [0.4, 0.5) is 0 Å². The Kier molecular flexibility index (Phi) is 7.39. The smallest absolute Gasteiger partial charge is 0.323 e. The van der Waals surface area contributed by atoms with Gasteiger partial charge in [-0.05, 0) is 29.5 Å². The molecule has 0 spiro atoms. The molecule has 0 bridgehead atoms. The lowest BCUT2D eigenvalue weighted by molar-refractivity contribution is -0.147. The first-order valence-corrected chi connectivity index (χ1v) is 9.70. The molecule has 0 aliphatic carbocycles. The number of benzene rings is 3. The predicted octanol–water partition coefficient (Wildman–Crippen LogP) is 4.86. The third-order valence-corrected chi connectivity index (χ3v) is 4.92. The van der Waals surface area contributed by atoms with Crippen molar-refractivity contribution in [2.45, 2.75) is 32.0 Å². The molecule has 3 nitrogen and oxygen atoms in total. The summed E-state index contributed by atoms with van der Waals surface area (Å²) in [4.78, 5) is 14.9. The summed E-state index contributed by atoms with van der Waals surface area (Å²) in [5.74, 6) is -0.178. The molecule has 0 radical (unpaired) electrons. The molecule has 0 fully saturated rings. The summed E-state index contributed by atoms with van der Waals surface area (Å²) >= 11 is 0. The molecule has 0 amide bonds. The molecule has 0 aliphatic heterocycles. The fraction of sp³-hybridized carbons (Fsp3) is 0.240. The standard InChI is InChI=1S/C25H27NO2/c1-28-25(27)24(18-17-21-11-5-2-6-12-21)26(19-22-13-7-3-8-14-22)20-23-15-9-4-10-16-23/h2-16,24H,17-20H2,1H3/t24-/m0/s1. The van der Waals surface area contributed by atoms with Crippen LogP contribution in [0.5, 0.6) is 0 Å². The van der Waals surface area contributed by atoms with Crippen molar-refractivity contribution in [1.29, 1.82) is 0 Å². The van der Waals surface area contributed by atoms with E-state index in [1.165, 1.54) is 23.8 Å². The lowest BCUT2D eigenvalue weighted by Crippen LogP contribution is -2.41. The molecular formula is C25H27NO2. The second kappa shape index (κ2) is 10.4. The highest BCUT2D eigenvalue weighted by atomic mass is 16.5. The van der Waals surface area contributed by atoms with Gasteiger partial charge in [-0.25, -0.2) is 0 Å². The number of aryl methyl sites for hydroxylation is 1. The van der Waals surface area contributed by atoms with Crippen LogP contribution in [0.15, 0.2) is 91.0 Å². The van der Waals surface area contributed by atoms with Gasteiger partial charge >= 0.3 is 5.97 Å². The topological polar surface area (TPSA) is 29.5 Å². The average Bonchev–Trinajstić information content (AvgIpc) is 2.75. The lowest BCUT2D eigenvalue weighted by atomic mass is 10.0. The SMILES string of the molecule is COC(=O)[C@H](CCc1ccccc1)N(Cc1ccccc1)Cc1ccccc1. The van der Waals surface area contributed by atoms with Gasteiger partial charge in [0.05, 0.1) is 7.11 Å². The number of carbonyl (C=O) groups excluding carboxylic acids is 1. The van der Waals surface area contributed by atoms with Crippen LogP contribution in [0.3, 0.4) is 0 Å². The Hall–Kier alpha value is -2.91. The Morgan fingerprint density at radius 3 is 1.61 bits per heavy atom. The molecule has 3 heteroatoms. The van der Waals surface area contributed by atoms with Gasteiger partial charge in [0.25, 0.3) is 0 Å². The van der Waals surface area contributed by atoms with E-state index in [2.05, 4.69) is 41.3 Å². The normalized spacial score (nSPS) is 11.9. The highest BCUT2D eigenvalue weighted by Gasteiger charge is 2.27. The van der Waals surface area contributed by atoms with E-state index in [9.17, 15) is 4.79 Å². The van der Waals surface area contributed by atoms with Crippen LogP contribution in [-0.4, -0.2) is 24.0 Å². The summed E-state index contributed by atoms with van der Waals surface area (Å²) in [5.41, 5.74) is 3.61. The Morgan fingerprint density at radius 1 is 0.750 bits per heavy atom. The third kappa shape index (κ3) is 5.80. The van der Waals surface area contributed by atoms with E-state index in [1.807, 2.05) is 54.6 Å². The Bertz CT molecular complexity index is 793. The maximum Gasteiger partial charge on any atom is 0.323 e. The van der Waals surface area contributed by atoms with Gasteiger partial charge < -0.3 is 4.74 Å². The van der Waals surface area contributed by atoms with E-state index in [1.54, 1.807) is 0 Å². The Morgan fingerprint density at radius 2 is 1.18 bits per heavy atom. The molecule has 144 valence electrons. The quantitative estimate of drug-likeness (QED) is 0.502. The van der Waals surface area contributed by atoms with Gasteiger partial charge in [0, 0.05) is 13.1 Å². The maximum absolute atomic E-state index is 12.7. The monoisotopic (exact) mass is 373 g/mol. The van der Waals surface area contributed by atoms with Crippen LogP contribution in [0.1, 0.15) is 23.1 Å². The largest absolute Gasteiger partial charge is 0.468 e. The lowest BCUT2D eigenvalue weighted by Gasteiger charge is -2.30. The predicted molar refractivity (Wildman–Crippen MR) is 113 cm³/mol. The van der Waals surface area contributed by atoms with Gasteiger partial charge in [-0.15, -0.1) is 0 Å². The van der Waals surface area contributed by atoms with Crippen molar-refractivity contribution in [1.82, 2.24) is 4.90 Å². The molecule has 3 aromatic rings. The van der Waals surface area contributed by atoms with E-state index >= 15 is 0 Å². The molecule has 0 N–H and O–H groups in total. The van der Waals surface area contributed by atoms with Crippen molar-refractivity contribution in [2.24, 2.45) is 0 Å². The molecule has 0 aliphatic rings. The van der Waals surface area contributed by atoms with Gasteiger partial charge in [-0.3, -0.25) is 9.69 Å². The Balaban J connectivity index is 1.82. The summed E-state index contributed by atoms with van der Waals surface area (Å²) in [6.07, 6.45) is 1.55.